The number of nitrogens with two attached hydrogens (primary N) is 1. The van der Waals surface area contributed by atoms with Crippen molar-refractivity contribution in [1.82, 2.24) is 9.62 Å². The monoisotopic (exact) mass is 329 g/mol. The summed E-state index contributed by atoms with van der Waals surface area (Å²) in [6.45, 7) is 2.33. The highest BCUT2D eigenvalue weighted by Gasteiger charge is 2.29. The molecule has 6 nitrogen and oxygen atoms in total. The average molecular weight is 329 g/mol. The van der Waals surface area contributed by atoms with Gasteiger partial charge in [-0.05, 0) is 37.5 Å². The third-order valence-corrected chi connectivity index (χ3v) is 5.00. The van der Waals surface area contributed by atoms with E-state index in [1.54, 1.807) is 12.1 Å². The molecule has 0 saturated carbocycles. The third-order valence-electron chi connectivity index (χ3n) is 3.91. The molecule has 0 spiro atoms. The average Bonchev–Trinajstić information content (AvgIpc) is 2.47. The number of carbonyl (C=O) groups is 1. The second-order valence-electron chi connectivity index (χ2n) is 5.50. The molecule has 1 aliphatic heterocycles. The van der Waals surface area contributed by atoms with E-state index >= 15 is 0 Å². The van der Waals surface area contributed by atoms with Gasteiger partial charge in [-0.15, -0.1) is 0 Å². The number of nitrogens with one attached hydrogen (secondary N) is 1. The van der Waals surface area contributed by atoms with Crippen molar-refractivity contribution in [3.8, 4) is 0 Å². The minimum atomic E-state index is -3.68. The Labute approximate surface area is 129 Å². The van der Waals surface area contributed by atoms with E-state index in [1.165, 1.54) is 16.4 Å². The SMILES string of the molecule is CC(NC(=O)C1CCN(S(N)(=O)=O)CC1)c1ccc(F)cc1. The minimum Gasteiger partial charge on any atom is -0.349 e. The molecular formula is C14H20FN3O3S. The van der Waals surface area contributed by atoms with Crippen LogP contribution in [0.1, 0.15) is 31.4 Å². The maximum Gasteiger partial charge on any atom is 0.276 e. The van der Waals surface area contributed by atoms with Crippen LogP contribution in [0.25, 0.3) is 0 Å². The quantitative estimate of drug-likeness (QED) is 0.860. The molecule has 22 heavy (non-hydrogen) atoms. The lowest BCUT2D eigenvalue weighted by Crippen LogP contribution is -2.45. The number of hydrogen-bond acceptors (Lipinski definition) is 3. The summed E-state index contributed by atoms with van der Waals surface area (Å²) in [6, 6.07) is 5.73. The highest BCUT2D eigenvalue weighted by molar-refractivity contribution is 7.86. The Morgan fingerprint density at radius 1 is 1.32 bits per heavy atom. The minimum absolute atomic E-state index is 0.120. The van der Waals surface area contributed by atoms with Crippen LogP contribution >= 0.6 is 0 Å². The first-order valence-electron chi connectivity index (χ1n) is 7.11. The second-order valence-corrected chi connectivity index (χ2v) is 7.05. The van der Waals surface area contributed by atoms with E-state index < -0.39 is 10.2 Å². The fraction of sp³-hybridized carbons (Fsp3) is 0.500. The van der Waals surface area contributed by atoms with Gasteiger partial charge < -0.3 is 5.32 Å². The van der Waals surface area contributed by atoms with Crippen molar-refractivity contribution in [3.63, 3.8) is 0 Å². The predicted octanol–water partition coefficient (Wildman–Crippen LogP) is 0.918. The van der Waals surface area contributed by atoms with Gasteiger partial charge >= 0.3 is 0 Å². The van der Waals surface area contributed by atoms with Crippen LogP contribution in [0.5, 0.6) is 0 Å². The number of nitrogens with zero attached hydrogens (tertiary/aromatic N) is 1. The smallest absolute Gasteiger partial charge is 0.276 e. The van der Waals surface area contributed by atoms with Crippen molar-refractivity contribution in [3.05, 3.63) is 35.6 Å². The summed E-state index contributed by atoms with van der Waals surface area (Å²) in [4.78, 5) is 12.2. The molecule has 1 aromatic rings. The molecule has 1 saturated heterocycles. The molecule has 1 aliphatic rings. The molecule has 122 valence electrons. The number of piperidine rings is 1. The first kappa shape index (κ1) is 16.9. The van der Waals surface area contributed by atoms with Crippen molar-refractivity contribution in [2.45, 2.75) is 25.8 Å². The normalized spacial score (nSPS) is 18.9. The zero-order valence-corrected chi connectivity index (χ0v) is 13.1. The van der Waals surface area contributed by atoms with Gasteiger partial charge in [0.25, 0.3) is 10.2 Å². The fourth-order valence-electron chi connectivity index (χ4n) is 2.54. The van der Waals surface area contributed by atoms with Crippen LogP contribution in [0.3, 0.4) is 0 Å². The van der Waals surface area contributed by atoms with Crippen molar-refractivity contribution < 1.29 is 17.6 Å². The van der Waals surface area contributed by atoms with Gasteiger partial charge in [-0.25, -0.2) is 9.53 Å². The molecule has 0 radical (unpaired) electrons. The zero-order valence-electron chi connectivity index (χ0n) is 12.3. The summed E-state index contributed by atoms with van der Waals surface area (Å²) in [7, 11) is -3.68. The Balaban J connectivity index is 1.89. The second kappa shape index (κ2) is 6.72. The van der Waals surface area contributed by atoms with Crippen molar-refractivity contribution in [2.24, 2.45) is 11.1 Å². The van der Waals surface area contributed by atoms with E-state index in [4.69, 9.17) is 5.14 Å². The van der Waals surface area contributed by atoms with Crippen LogP contribution in [0.2, 0.25) is 0 Å². The van der Waals surface area contributed by atoms with Gasteiger partial charge in [-0.1, -0.05) is 12.1 Å². The summed E-state index contributed by atoms with van der Waals surface area (Å²) in [5, 5.41) is 7.95. The molecule has 1 heterocycles. The molecule has 1 atom stereocenters. The zero-order chi connectivity index (χ0) is 16.3. The molecule has 0 aliphatic carbocycles. The van der Waals surface area contributed by atoms with Crippen molar-refractivity contribution >= 4 is 16.1 Å². The Morgan fingerprint density at radius 2 is 1.86 bits per heavy atom. The predicted molar refractivity (Wildman–Crippen MR) is 80.4 cm³/mol. The van der Waals surface area contributed by atoms with E-state index in [2.05, 4.69) is 5.32 Å². The van der Waals surface area contributed by atoms with E-state index in [0.29, 0.717) is 12.8 Å². The van der Waals surface area contributed by atoms with Gasteiger partial charge in [0, 0.05) is 19.0 Å². The Hall–Kier alpha value is -1.51. The summed E-state index contributed by atoms with van der Waals surface area (Å²) < 4.78 is 36.5. The van der Waals surface area contributed by atoms with Gasteiger partial charge in [0.2, 0.25) is 5.91 Å². The lowest BCUT2D eigenvalue weighted by atomic mass is 9.96. The summed E-state index contributed by atoms with van der Waals surface area (Å²) in [6.07, 6.45) is 0.886. The van der Waals surface area contributed by atoms with E-state index in [1.807, 2.05) is 6.92 Å². The molecule has 0 aromatic heterocycles. The van der Waals surface area contributed by atoms with Gasteiger partial charge in [-0.2, -0.15) is 12.7 Å². The first-order valence-corrected chi connectivity index (χ1v) is 8.61. The van der Waals surface area contributed by atoms with E-state index in [9.17, 15) is 17.6 Å². The highest BCUT2D eigenvalue weighted by Crippen LogP contribution is 2.20. The fourth-order valence-corrected chi connectivity index (χ4v) is 3.26. The van der Waals surface area contributed by atoms with Crippen LogP contribution in [0.4, 0.5) is 4.39 Å². The summed E-state index contributed by atoms with van der Waals surface area (Å²) in [5.74, 6) is -0.676. The number of amides is 1. The number of benzene rings is 1. The molecular weight excluding hydrogens is 309 g/mol. The lowest BCUT2D eigenvalue weighted by molar-refractivity contribution is -0.126. The third kappa shape index (κ3) is 4.25. The lowest BCUT2D eigenvalue weighted by Gasteiger charge is -2.29. The summed E-state index contributed by atoms with van der Waals surface area (Å²) in [5.41, 5.74) is 0.816. The van der Waals surface area contributed by atoms with Crippen LogP contribution < -0.4 is 10.5 Å². The molecule has 1 unspecified atom stereocenters. The van der Waals surface area contributed by atoms with Gasteiger partial charge in [0.15, 0.2) is 0 Å². The van der Waals surface area contributed by atoms with Crippen molar-refractivity contribution in [1.29, 1.82) is 0 Å². The number of rotatable bonds is 4. The molecule has 2 rings (SSSR count). The maximum absolute atomic E-state index is 12.9. The maximum atomic E-state index is 12.9. The standard InChI is InChI=1S/C14H20FN3O3S/c1-10(11-2-4-13(15)5-3-11)17-14(19)12-6-8-18(9-7-12)22(16,20)21/h2-5,10,12H,6-9H2,1H3,(H,17,19)(H2,16,20,21). The number of hydrogen-bond donors (Lipinski definition) is 2. The van der Waals surface area contributed by atoms with Crippen molar-refractivity contribution in [2.75, 3.05) is 13.1 Å². The van der Waals surface area contributed by atoms with Gasteiger partial charge in [0.1, 0.15) is 5.82 Å². The summed E-state index contributed by atoms with van der Waals surface area (Å²) >= 11 is 0. The van der Waals surface area contributed by atoms with Crippen LogP contribution in [0.15, 0.2) is 24.3 Å². The molecule has 8 heteroatoms. The molecule has 1 fully saturated rings. The van der Waals surface area contributed by atoms with Gasteiger partial charge in [-0.3, -0.25) is 4.79 Å². The molecule has 0 bridgehead atoms. The highest BCUT2D eigenvalue weighted by atomic mass is 32.2. The van der Waals surface area contributed by atoms with Crippen LogP contribution in [0, 0.1) is 11.7 Å². The van der Waals surface area contributed by atoms with Gasteiger partial charge in [0.05, 0.1) is 6.04 Å². The Kier molecular flexibility index (Phi) is 5.15. The topological polar surface area (TPSA) is 92.5 Å². The molecule has 1 amide bonds. The Morgan fingerprint density at radius 3 is 2.36 bits per heavy atom. The molecule has 1 aromatic carbocycles. The Bertz CT molecular complexity index is 625. The number of halogens is 1. The largest absolute Gasteiger partial charge is 0.349 e. The van der Waals surface area contributed by atoms with E-state index in [-0.39, 0.29) is 36.8 Å². The molecule has 3 N–H and O–H groups in total. The van der Waals surface area contributed by atoms with E-state index in [0.717, 1.165) is 5.56 Å². The number of carbonyl (C=O) groups excluding carboxylic acids is 1. The van der Waals surface area contributed by atoms with Crippen LogP contribution in [-0.4, -0.2) is 31.7 Å². The van der Waals surface area contributed by atoms with Crippen LogP contribution in [-0.2, 0) is 15.0 Å². The first-order chi connectivity index (χ1) is 10.3.